The summed E-state index contributed by atoms with van der Waals surface area (Å²) in [5.41, 5.74) is 0. The van der Waals surface area contributed by atoms with Crippen molar-refractivity contribution in [1.29, 1.82) is 0 Å². The van der Waals surface area contributed by atoms with Crippen molar-refractivity contribution in [3.63, 3.8) is 0 Å². The van der Waals surface area contributed by atoms with Gasteiger partial charge >= 0.3 is 5.97 Å². The summed E-state index contributed by atoms with van der Waals surface area (Å²) in [6, 6.07) is 0. The van der Waals surface area contributed by atoms with E-state index in [4.69, 9.17) is 4.74 Å². The predicted molar refractivity (Wildman–Crippen MR) is 219 cm³/mol. The van der Waals surface area contributed by atoms with Crippen LogP contribution in [0, 0.1) is 0 Å². The van der Waals surface area contributed by atoms with Gasteiger partial charge in [-0.25, -0.2) is 0 Å². The second kappa shape index (κ2) is 41.8. The zero-order chi connectivity index (χ0) is 35.7. The van der Waals surface area contributed by atoms with Crippen LogP contribution in [0.2, 0.25) is 0 Å². The van der Waals surface area contributed by atoms with Crippen molar-refractivity contribution < 1.29 is 9.53 Å². The van der Waals surface area contributed by atoms with E-state index >= 15 is 0 Å². The van der Waals surface area contributed by atoms with Crippen LogP contribution in [0.3, 0.4) is 0 Å². The van der Waals surface area contributed by atoms with Crippen LogP contribution in [0.15, 0.2) is 0 Å². The molecule has 0 unspecified atom stereocenters. The van der Waals surface area contributed by atoms with Crippen molar-refractivity contribution >= 4 is 5.97 Å². The van der Waals surface area contributed by atoms with Crippen molar-refractivity contribution in [2.75, 3.05) is 45.9 Å². The maximum absolute atomic E-state index is 12.5. The number of unbranched alkanes of at least 4 members (excludes halogenated alkanes) is 28. The highest BCUT2D eigenvalue weighted by Gasteiger charge is 2.12. The van der Waals surface area contributed by atoms with E-state index in [0.29, 0.717) is 13.0 Å². The van der Waals surface area contributed by atoms with Crippen molar-refractivity contribution in [2.45, 2.75) is 240 Å². The standard InChI is InChI=1S/C45H92N2O2/c1-5-9-13-17-21-22-23-24-25-29-33-37-45(48)49-44-43-47(40-36-32-28-20-16-12-8-4)42-41-46(38-34-30-26-18-14-10-6-2)39-35-31-27-19-15-11-7-3/h5-44H2,1-4H3. The van der Waals surface area contributed by atoms with Crippen LogP contribution >= 0.6 is 0 Å². The van der Waals surface area contributed by atoms with Gasteiger partial charge in [0.15, 0.2) is 0 Å². The smallest absolute Gasteiger partial charge is 0.305 e. The fraction of sp³-hybridized carbons (Fsp3) is 0.978. The van der Waals surface area contributed by atoms with Gasteiger partial charge in [-0.1, -0.05) is 207 Å². The van der Waals surface area contributed by atoms with E-state index in [1.54, 1.807) is 0 Å². The van der Waals surface area contributed by atoms with Gasteiger partial charge in [0.25, 0.3) is 0 Å². The lowest BCUT2D eigenvalue weighted by Crippen LogP contribution is -2.38. The highest BCUT2D eigenvalue weighted by Crippen LogP contribution is 2.14. The topological polar surface area (TPSA) is 32.8 Å². The minimum absolute atomic E-state index is 0.0197. The molecule has 294 valence electrons. The molecular formula is C45H92N2O2. The third-order valence-electron chi connectivity index (χ3n) is 10.6. The number of carbonyl (C=O) groups is 1. The minimum Gasteiger partial charge on any atom is -0.464 e. The van der Waals surface area contributed by atoms with Gasteiger partial charge in [0.2, 0.25) is 0 Å². The van der Waals surface area contributed by atoms with Crippen LogP contribution in [-0.2, 0) is 9.53 Å². The summed E-state index contributed by atoms with van der Waals surface area (Å²) in [5.74, 6) is 0.0197. The van der Waals surface area contributed by atoms with Crippen LogP contribution in [0.1, 0.15) is 240 Å². The number of ether oxygens (including phenoxy) is 1. The van der Waals surface area contributed by atoms with Gasteiger partial charge < -0.3 is 9.64 Å². The summed E-state index contributed by atoms with van der Waals surface area (Å²) in [7, 11) is 0. The first-order valence-corrected chi connectivity index (χ1v) is 22.8. The first-order chi connectivity index (χ1) is 24.2. The normalized spacial score (nSPS) is 11.7. The minimum atomic E-state index is 0.0197. The molecule has 0 heterocycles. The Balaban J connectivity index is 4.60. The molecule has 4 heteroatoms. The highest BCUT2D eigenvalue weighted by molar-refractivity contribution is 5.69. The Bertz CT molecular complexity index is 609. The third kappa shape index (κ3) is 38.5. The van der Waals surface area contributed by atoms with Crippen LogP contribution < -0.4 is 0 Å². The number of carbonyl (C=O) groups excluding carboxylic acids is 1. The average Bonchev–Trinajstić information content (AvgIpc) is 3.10. The van der Waals surface area contributed by atoms with Crippen LogP contribution in [-0.4, -0.2) is 61.6 Å². The van der Waals surface area contributed by atoms with Gasteiger partial charge in [-0.05, 0) is 45.3 Å². The van der Waals surface area contributed by atoms with E-state index in [9.17, 15) is 4.79 Å². The molecule has 0 N–H and O–H groups in total. The first kappa shape index (κ1) is 48.4. The fourth-order valence-electron chi connectivity index (χ4n) is 7.13. The van der Waals surface area contributed by atoms with Gasteiger partial charge in [0.05, 0.1) is 0 Å². The maximum atomic E-state index is 12.5. The van der Waals surface area contributed by atoms with E-state index < -0.39 is 0 Å². The van der Waals surface area contributed by atoms with Crippen LogP contribution in [0.4, 0.5) is 0 Å². The number of esters is 1. The maximum Gasteiger partial charge on any atom is 0.305 e. The third-order valence-corrected chi connectivity index (χ3v) is 10.6. The second-order valence-electron chi connectivity index (χ2n) is 15.6. The molecule has 0 aromatic carbocycles. The average molecular weight is 693 g/mol. The largest absolute Gasteiger partial charge is 0.464 e. The summed E-state index contributed by atoms with van der Waals surface area (Å²) in [5, 5.41) is 0. The molecule has 0 aromatic rings. The van der Waals surface area contributed by atoms with Gasteiger partial charge in [-0.15, -0.1) is 0 Å². The molecule has 0 radical (unpaired) electrons. The first-order valence-electron chi connectivity index (χ1n) is 22.8. The van der Waals surface area contributed by atoms with E-state index in [2.05, 4.69) is 37.5 Å². The Hall–Kier alpha value is -0.610. The molecule has 0 atom stereocenters. The molecular weight excluding hydrogens is 601 g/mol. The van der Waals surface area contributed by atoms with Crippen LogP contribution in [0.5, 0.6) is 0 Å². The van der Waals surface area contributed by atoms with Crippen LogP contribution in [0.25, 0.3) is 0 Å². The lowest BCUT2D eigenvalue weighted by molar-refractivity contribution is -0.144. The molecule has 0 rings (SSSR count). The zero-order valence-corrected chi connectivity index (χ0v) is 34.5. The molecule has 0 saturated heterocycles. The van der Waals surface area contributed by atoms with Crippen molar-refractivity contribution in [2.24, 2.45) is 0 Å². The number of hydrogen-bond donors (Lipinski definition) is 0. The molecule has 0 bridgehead atoms. The fourth-order valence-corrected chi connectivity index (χ4v) is 7.13. The molecule has 4 nitrogen and oxygen atoms in total. The molecule has 0 aliphatic carbocycles. The molecule has 0 aromatic heterocycles. The number of nitrogens with zero attached hydrogens (tertiary/aromatic N) is 2. The Morgan fingerprint density at radius 1 is 0.327 bits per heavy atom. The summed E-state index contributed by atoms with van der Waals surface area (Å²) in [4.78, 5) is 17.9. The molecule has 0 amide bonds. The zero-order valence-electron chi connectivity index (χ0n) is 34.5. The Kier molecular flexibility index (Phi) is 41.3. The molecule has 0 fully saturated rings. The Morgan fingerprint density at radius 2 is 0.592 bits per heavy atom. The Labute approximate surface area is 310 Å². The van der Waals surface area contributed by atoms with Gasteiger partial charge in [0, 0.05) is 26.1 Å². The van der Waals surface area contributed by atoms with Crippen molar-refractivity contribution in [3.8, 4) is 0 Å². The SMILES string of the molecule is CCCCCCCCCCCCCC(=O)OCCN(CCCCCCCCC)CCN(CCCCCCCCC)CCCCCCCCC. The summed E-state index contributed by atoms with van der Waals surface area (Å²) in [6.07, 6.45) is 43.9. The second-order valence-corrected chi connectivity index (χ2v) is 15.6. The van der Waals surface area contributed by atoms with Gasteiger partial charge in [0.1, 0.15) is 6.61 Å². The van der Waals surface area contributed by atoms with Crippen molar-refractivity contribution in [3.05, 3.63) is 0 Å². The lowest BCUT2D eigenvalue weighted by Gasteiger charge is -2.28. The molecule has 0 spiro atoms. The van der Waals surface area contributed by atoms with E-state index in [1.807, 2.05) is 0 Å². The summed E-state index contributed by atoms with van der Waals surface area (Å²) >= 11 is 0. The Morgan fingerprint density at radius 3 is 0.918 bits per heavy atom. The number of rotatable bonds is 42. The van der Waals surface area contributed by atoms with E-state index in [0.717, 1.165) is 32.6 Å². The molecule has 0 saturated carbocycles. The van der Waals surface area contributed by atoms with Crippen molar-refractivity contribution in [1.82, 2.24) is 9.80 Å². The van der Waals surface area contributed by atoms with Gasteiger partial charge in [-0.3, -0.25) is 9.69 Å². The molecule has 0 aliphatic rings. The quantitative estimate of drug-likeness (QED) is 0.0471. The van der Waals surface area contributed by atoms with E-state index in [-0.39, 0.29) is 5.97 Å². The van der Waals surface area contributed by atoms with Gasteiger partial charge in [-0.2, -0.15) is 0 Å². The molecule has 49 heavy (non-hydrogen) atoms. The molecule has 0 aliphatic heterocycles. The highest BCUT2D eigenvalue weighted by atomic mass is 16.5. The van der Waals surface area contributed by atoms with E-state index in [1.165, 1.54) is 212 Å². The lowest BCUT2D eigenvalue weighted by atomic mass is 10.1. The monoisotopic (exact) mass is 693 g/mol. The number of hydrogen-bond acceptors (Lipinski definition) is 4. The predicted octanol–water partition coefficient (Wildman–Crippen LogP) is 14.1. The summed E-state index contributed by atoms with van der Waals surface area (Å²) < 4.78 is 5.79. The summed E-state index contributed by atoms with van der Waals surface area (Å²) in [6.45, 7) is 16.6.